The zero-order chi connectivity index (χ0) is 16.1. The summed E-state index contributed by atoms with van der Waals surface area (Å²) in [6, 6.07) is 9.63. The average Bonchev–Trinajstić information content (AvgIpc) is 2.73. The van der Waals surface area contributed by atoms with Gasteiger partial charge in [0.15, 0.2) is 0 Å². The SMILES string of the molecule is Cc1ccc(S(=O)(=O)n2c(=O)[nH]c3ccc(N)cc32)c(C)c1. The molecule has 3 N–H and O–H groups in total. The van der Waals surface area contributed by atoms with Crippen molar-refractivity contribution >= 4 is 26.7 Å². The Bertz CT molecular complexity index is 1050. The van der Waals surface area contributed by atoms with E-state index in [0.29, 0.717) is 16.8 Å². The van der Waals surface area contributed by atoms with Crippen molar-refractivity contribution < 1.29 is 8.42 Å². The molecule has 22 heavy (non-hydrogen) atoms. The maximum Gasteiger partial charge on any atom is 0.340 e. The first-order chi connectivity index (χ1) is 10.3. The van der Waals surface area contributed by atoms with E-state index in [9.17, 15) is 13.2 Å². The van der Waals surface area contributed by atoms with Crippen LogP contribution in [0.1, 0.15) is 11.1 Å². The molecule has 0 atom stereocenters. The number of hydrogen-bond acceptors (Lipinski definition) is 4. The zero-order valence-electron chi connectivity index (χ0n) is 12.1. The van der Waals surface area contributed by atoms with Crippen LogP contribution in [-0.4, -0.2) is 17.4 Å². The minimum absolute atomic E-state index is 0.100. The van der Waals surface area contributed by atoms with Crippen molar-refractivity contribution in [2.45, 2.75) is 18.7 Å². The van der Waals surface area contributed by atoms with Crippen molar-refractivity contribution in [1.29, 1.82) is 0 Å². The van der Waals surface area contributed by atoms with Gasteiger partial charge in [0.05, 0.1) is 15.9 Å². The summed E-state index contributed by atoms with van der Waals surface area (Å²) < 4.78 is 26.5. The summed E-state index contributed by atoms with van der Waals surface area (Å²) in [6.45, 7) is 3.58. The molecule has 0 spiro atoms. The van der Waals surface area contributed by atoms with Gasteiger partial charge in [-0.3, -0.25) is 0 Å². The Kier molecular flexibility index (Phi) is 3.10. The van der Waals surface area contributed by atoms with Gasteiger partial charge < -0.3 is 10.7 Å². The molecule has 6 nitrogen and oxygen atoms in total. The zero-order valence-corrected chi connectivity index (χ0v) is 12.9. The normalized spacial score (nSPS) is 11.9. The summed E-state index contributed by atoms with van der Waals surface area (Å²) in [5, 5.41) is 0. The van der Waals surface area contributed by atoms with Crippen LogP contribution in [0.5, 0.6) is 0 Å². The minimum atomic E-state index is -4.00. The lowest BCUT2D eigenvalue weighted by molar-refractivity contribution is 0.586. The van der Waals surface area contributed by atoms with E-state index in [1.54, 1.807) is 31.2 Å². The number of nitrogens with zero attached hydrogens (tertiary/aromatic N) is 1. The number of rotatable bonds is 2. The first-order valence-corrected chi connectivity index (χ1v) is 8.08. The number of nitrogens with two attached hydrogens (primary N) is 1. The molecule has 3 rings (SSSR count). The second-order valence-electron chi connectivity index (χ2n) is 5.25. The van der Waals surface area contributed by atoms with Crippen molar-refractivity contribution in [2.24, 2.45) is 0 Å². The van der Waals surface area contributed by atoms with Crippen molar-refractivity contribution in [3.63, 3.8) is 0 Å². The third kappa shape index (κ3) is 2.10. The van der Waals surface area contributed by atoms with Gasteiger partial charge in [0.1, 0.15) is 0 Å². The number of aromatic nitrogens is 2. The van der Waals surface area contributed by atoms with Gasteiger partial charge in [-0.1, -0.05) is 17.7 Å². The number of aromatic amines is 1. The molecule has 0 aliphatic heterocycles. The van der Waals surface area contributed by atoms with Gasteiger partial charge in [-0.15, -0.1) is 0 Å². The maximum absolute atomic E-state index is 12.9. The van der Waals surface area contributed by atoms with Crippen molar-refractivity contribution in [2.75, 3.05) is 5.73 Å². The number of nitrogen functional groups attached to an aromatic ring is 1. The van der Waals surface area contributed by atoms with E-state index in [-0.39, 0.29) is 10.4 Å². The fourth-order valence-corrected chi connectivity index (χ4v) is 4.10. The summed E-state index contributed by atoms with van der Waals surface area (Å²) in [4.78, 5) is 14.8. The first kappa shape index (κ1) is 14.4. The molecule has 2 aromatic carbocycles. The summed E-state index contributed by atoms with van der Waals surface area (Å²) in [6.07, 6.45) is 0. The van der Waals surface area contributed by atoms with Crippen LogP contribution >= 0.6 is 0 Å². The quantitative estimate of drug-likeness (QED) is 0.704. The molecule has 1 aromatic heterocycles. The van der Waals surface area contributed by atoms with Crippen LogP contribution in [0.2, 0.25) is 0 Å². The molecular formula is C15H15N3O3S. The molecule has 0 saturated carbocycles. The van der Waals surface area contributed by atoms with E-state index in [1.807, 2.05) is 6.92 Å². The second-order valence-corrected chi connectivity index (χ2v) is 7.00. The highest BCUT2D eigenvalue weighted by Crippen LogP contribution is 2.22. The second kappa shape index (κ2) is 4.74. The number of hydrogen-bond donors (Lipinski definition) is 2. The predicted molar refractivity (Wildman–Crippen MR) is 85.5 cm³/mol. The molecule has 0 aliphatic rings. The van der Waals surface area contributed by atoms with Gasteiger partial charge in [0.25, 0.3) is 10.0 Å². The van der Waals surface area contributed by atoms with Crippen molar-refractivity contribution in [3.05, 3.63) is 58.0 Å². The van der Waals surface area contributed by atoms with E-state index >= 15 is 0 Å². The van der Waals surface area contributed by atoms with Crippen LogP contribution in [0, 0.1) is 13.8 Å². The van der Waals surface area contributed by atoms with E-state index in [1.165, 1.54) is 12.1 Å². The molecule has 114 valence electrons. The van der Waals surface area contributed by atoms with Crippen molar-refractivity contribution in [1.82, 2.24) is 8.96 Å². The van der Waals surface area contributed by atoms with Crippen LogP contribution in [0.15, 0.2) is 46.1 Å². The lowest BCUT2D eigenvalue weighted by atomic mass is 10.2. The Labute approximate surface area is 127 Å². The summed E-state index contributed by atoms with van der Waals surface area (Å²) >= 11 is 0. The van der Waals surface area contributed by atoms with Crippen LogP contribution in [-0.2, 0) is 10.0 Å². The summed E-state index contributed by atoms with van der Waals surface area (Å²) in [5.41, 5.74) is 7.59. The third-order valence-corrected chi connectivity index (χ3v) is 5.37. The monoisotopic (exact) mass is 317 g/mol. The molecule has 3 aromatic rings. The van der Waals surface area contributed by atoms with Gasteiger partial charge in [0, 0.05) is 5.69 Å². The fourth-order valence-electron chi connectivity index (χ4n) is 2.52. The first-order valence-electron chi connectivity index (χ1n) is 6.64. The number of nitrogens with one attached hydrogen (secondary N) is 1. The van der Waals surface area contributed by atoms with E-state index in [2.05, 4.69) is 4.98 Å². The van der Waals surface area contributed by atoms with Crippen LogP contribution in [0.25, 0.3) is 11.0 Å². The van der Waals surface area contributed by atoms with Crippen LogP contribution in [0.4, 0.5) is 5.69 Å². The van der Waals surface area contributed by atoms with Gasteiger partial charge in [-0.25, -0.2) is 13.2 Å². The van der Waals surface area contributed by atoms with Crippen LogP contribution in [0.3, 0.4) is 0 Å². The molecule has 0 bridgehead atoms. The van der Waals surface area contributed by atoms with E-state index in [0.717, 1.165) is 9.54 Å². The average molecular weight is 317 g/mol. The van der Waals surface area contributed by atoms with E-state index in [4.69, 9.17) is 5.73 Å². The van der Waals surface area contributed by atoms with Gasteiger partial charge in [0.2, 0.25) is 0 Å². The minimum Gasteiger partial charge on any atom is -0.399 e. The number of imidazole rings is 1. The number of fused-ring (bicyclic) bond motifs is 1. The summed E-state index contributed by atoms with van der Waals surface area (Å²) in [7, 11) is -4.00. The topological polar surface area (TPSA) is 98.0 Å². The highest BCUT2D eigenvalue weighted by atomic mass is 32.2. The number of benzene rings is 2. The van der Waals surface area contributed by atoms with Gasteiger partial charge in [-0.2, -0.15) is 3.97 Å². The maximum atomic E-state index is 12.9. The smallest absolute Gasteiger partial charge is 0.340 e. The molecule has 0 saturated heterocycles. The Hall–Kier alpha value is -2.54. The Balaban J connectivity index is 2.37. The lowest BCUT2D eigenvalue weighted by Gasteiger charge is -2.09. The third-order valence-electron chi connectivity index (χ3n) is 3.52. The molecule has 0 amide bonds. The standard InChI is InChI=1S/C15H15N3O3S/c1-9-3-6-14(10(2)7-9)22(20,21)18-13-8-11(16)4-5-12(13)17-15(18)19/h3-8H,16H2,1-2H3,(H,17,19). The molecule has 7 heteroatoms. The molecular weight excluding hydrogens is 302 g/mol. The Morgan fingerprint density at radius 2 is 1.82 bits per heavy atom. The highest BCUT2D eigenvalue weighted by Gasteiger charge is 2.24. The summed E-state index contributed by atoms with van der Waals surface area (Å²) in [5.74, 6) is 0. The largest absolute Gasteiger partial charge is 0.399 e. The van der Waals surface area contributed by atoms with Crippen molar-refractivity contribution in [3.8, 4) is 0 Å². The highest BCUT2D eigenvalue weighted by molar-refractivity contribution is 7.90. The predicted octanol–water partition coefficient (Wildman–Crippen LogP) is 1.77. The van der Waals surface area contributed by atoms with Gasteiger partial charge >= 0.3 is 5.69 Å². The molecule has 1 heterocycles. The fraction of sp³-hybridized carbons (Fsp3) is 0.133. The number of aryl methyl sites for hydroxylation is 2. The molecule has 0 unspecified atom stereocenters. The Morgan fingerprint density at radius 3 is 2.50 bits per heavy atom. The molecule has 0 radical (unpaired) electrons. The van der Waals surface area contributed by atoms with E-state index < -0.39 is 15.7 Å². The number of H-pyrrole nitrogens is 1. The molecule has 0 aliphatic carbocycles. The lowest BCUT2D eigenvalue weighted by Crippen LogP contribution is -2.25. The molecule has 0 fully saturated rings. The van der Waals surface area contributed by atoms with Gasteiger partial charge in [-0.05, 0) is 43.7 Å². The number of anilines is 1. The van der Waals surface area contributed by atoms with Crippen LogP contribution < -0.4 is 11.4 Å². The Morgan fingerprint density at radius 1 is 1.09 bits per heavy atom.